The number of rotatable bonds is 3. The van der Waals surface area contributed by atoms with Gasteiger partial charge < -0.3 is 4.90 Å². The lowest BCUT2D eigenvalue weighted by molar-refractivity contribution is 0.141. The minimum Gasteiger partial charge on any atom is -0.300 e. The minimum atomic E-state index is -3.36. The quantitative estimate of drug-likeness (QED) is 0.858. The van der Waals surface area contributed by atoms with Gasteiger partial charge in [0.2, 0.25) is 10.0 Å². The van der Waals surface area contributed by atoms with E-state index in [1.54, 1.807) is 16.4 Å². The van der Waals surface area contributed by atoms with Crippen molar-refractivity contribution in [2.24, 2.45) is 5.41 Å². The van der Waals surface area contributed by atoms with E-state index in [1.165, 1.54) is 0 Å². The first-order chi connectivity index (χ1) is 10.1. The van der Waals surface area contributed by atoms with E-state index in [2.05, 4.69) is 25.7 Å². The topological polar surface area (TPSA) is 40.6 Å². The van der Waals surface area contributed by atoms with Crippen LogP contribution in [0.2, 0.25) is 0 Å². The van der Waals surface area contributed by atoms with Crippen LogP contribution in [0.25, 0.3) is 0 Å². The fourth-order valence-corrected chi connectivity index (χ4v) is 4.33. The molecule has 5 heteroatoms. The average Bonchev–Trinajstić information content (AvgIpc) is 2.40. The Morgan fingerprint density at radius 1 is 1.00 bits per heavy atom. The van der Waals surface area contributed by atoms with Crippen LogP contribution in [-0.4, -0.2) is 50.3 Å². The van der Waals surface area contributed by atoms with Crippen molar-refractivity contribution in [1.82, 2.24) is 9.21 Å². The summed E-state index contributed by atoms with van der Waals surface area (Å²) in [6.07, 6.45) is 0. The summed E-state index contributed by atoms with van der Waals surface area (Å²) in [6, 6.07) is 5.39. The van der Waals surface area contributed by atoms with Gasteiger partial charge in [-0.05, 0) is 42.5 Å². The van der Waals surface area contributed by atoms with Crippen LogP contribution in [0.5, 0.6) is 0 Å². The molecule has 124 valence electrons. The Labute approximate surface area is 135 Å². The standard InChI is InChI=1S/C17H28N2O2S/c1-14-6-7-16(12-15(14)2)22(20,21)19-10-8-18(9-11-19)13-17(3,4)5/h6-7,12H,8-11,13H2,1-5H3. The Morgan fingerprint density at radius 2 is 1.59 bits per heavy atom. The van der Waals surface area contributed by atoms with Gasteiger partial charge in [-0.3, -0.25) is 0 Å². The average molecular weight is 324 g/mol. The highest BCUT2D eigenvalue weighted by atomic mass is 32.2. The smallest absolute Gasteiger partial charge is 0.243 e. The monoisotopic (exact) mass is 324 g/mol. The summed E-state index contributed by atoms with van der Waals surface area (Å²) in [6.45, 7) is 14.4. The van der Waals surface area contributed by atoms with Gasteiger partial charge in [0.15, 0.2) is 0 Å². The zero-order valence-electron chi connectivity index (χ0n) is 14.4. The van der Waals surface area contributed by atoms with Gasteiger partial charge in [0, 0.05) is 32.7 Å². The van der Waals surface area contributed by atoms with Gasteiger partial charge in [-0.25, -0.2) is 8.42 Å². The number of benzene rings is 1. The summed E-state index contributed by atoms with van der Waals surface area (Å²) in [5.41, 5.74) is 2.39. The molecule has 4 nitrogen and oxygen atoms in total. The molecule has 0 radical (unpaired) electrons. The van der Waals surface area contributed by atoms with Gasteiger partial charge >= 0.3 is 0 Å². The fraction of sp³-hybridized carbons (Fsp3) is 0.647. The molecule has 1 fully saturated rings. The maximum absolute atomic E-state index is 12.8. The first-order valence-corrected chi connectivity index (χ1v) is 9.33. The third-order valence-corrected chi connectivity index (χ3v) is 6.04. The Bertz CT molecular complexity index is 625. The normalized spacial score (nSPS) is 18.6. The van der Waals surface area contributed by atoms with E-state index in [1.807, 2.05) is 19.9 Å². The summed E-state index contributed by atoms with van der Waals surface area (Å²) in [7, 11) is -3.36. The molecule has 1 aromatic carbocycles. The zero-order valence-corrected chi connectivity index (χ0v) is 15.2. The number of hydrogen-bond donors (Lipinski definition) is 0. The Balaban J connectivity index is 2.08. The molecule has 1 aliphatic rings. The summed E-state index contributed by atoms with van der Waals surface area (Å²) >= 11 is 0. The minimum absolute atomic E-state index is 0.245. The molecule has 1 aromatic rings. The lowest BCUT2D eigenvalue weighted by atomic mass is 9.96. The van der Waals surface area contributed by atoms with Crippen molar-refractivity contribution in [3.63, 3.8) is 0 Å². The van der Waals surface area contributed by atoms with Crippen LogP contribution in [0.3, 0.4) is 0 Å². The lowest BCUT2D eigenvalue weighted by Gasteiger charge is -2.37. The maximum atomic E-state index is 12.8. The van der Waals surface area contributed by atoms with Gasteiger partial charge in [0.1, 0.15) is 0 Å². The second-order valence-electron chi connectivity index (χ2n) is 7.49. The zero-order chi connectivity index (χ0) is 16.5. The van der Waals surface area contributed by atoms with Crippen LogP contribution in [0.15, 0.2) is 23.1 Å². The van der Waals surface area contributed by atoms with Crippen molar-refractivity contribution < 1.29 is 8.42 Å². The van der Waals surface area contributed by atoms with Crippen LogP contribution in [0.4, 0.5) is 0 Å². The van der Waals surface area contributed by atoms with Crippen molar-refractivity contribution in [3.05, 3.63) is 29.3 Å². The molecule has 0 amide bonds. The molecule has 0 spiro atoms. The third kappa shape index (κ3) is 4.09. The Morgan fingerprint density at radius 3 is 2.09 bits per heavy atom. The van der Waals surface area contributed by atoms with E-state index in [9.17, 15) is 8.42 Å². The van der Waals surface area contributed by atoms with E-state index >= 15 is 0 Å². The molecule has 2 rings (SSSR count). The van der Waals surface area contributed by atoms with Crippen molar-refractivity contribution in [3.8, 4) is 0 Å². The molecule has 1 heterocycles. The third-order valence-electron chi connectivity index (χ3n) is 4.15. The molecule has 0 aliphatic carbocycles. The number of piperazine rings is 1. The highest BCUT2D eigenvalue weighted by Gasteiger charge is 2.29. The Kier molecular flexibility index (Phi) is 5.00. The highest BCUT2D eigenvalue weighted by molar-refractivity contribution is 7.89. The van der Waals surface area contributed by atoms with Gasteiger partial charge in [-0.2, -0.15) is 4.31 Å². The van der Waals surface area contributed by atoms with E-state index < -0.39 is 10.0 Å². The van der Waals surface area contributed by atoms with Gasteiger partial charge in [-0.15, -0.1) is 0 Å². The highest BCUT2D eigenvalue weighted by Crippen LogP contribution is 2.22. The molecule has 0 atom stereocenters. The van der Waals surface area contributed by atoms with Gasteiger partial charge in [0.25, 0.3) is 0 Å². The van der Waals surface area contributed by atoms with Crippen LogP contribution < -0.4 is 0 Å². The molecular weight excluding hydrogens is 296 g/mol. The predicted molar refractivity (Wildman–Crippen MR) is 90.6 cm³/mol. The molecule has 0 unspecified atom stereocenters. The van der Waals surface area contributed by atoms with Crippen molar-refractivity contribution >= 4 is 10.0 Å². The molecule has 0 saturated carbocycles. The Hall–Kier alpha value is -0.910. The van der Waals surface area contributed by atoms with E-state index in [0.717, 1.165) is 30.8 Å². The lowest BCUT2D eigenvalue weighted by Crippen LogP contribution is -2.50. The van der Waals surface area contributed by atoms with E-state index in [-0.39, 0.29) is 5.41 Å². The van der Waals surface area contributed by atoms with Gasteiger partial charge in [0.05, 0.1) is 4.90 Å². The SMILES string of the molecule is Cc1ccc(S(=O)(=O)N2CCN(CC(C)(C)C)CC2)cc1C. The second-order valence-corrected chi connectivity index (χ2v) is 9.42. The van der Waals surface area contributed by atoms with Gasteiger partial charge in [-0.1, -0.05) is 26.8 Å². The van der Waals surface area contributed by atoms with E-state index in [4.69, 9.17) is 0 Å². The summed E-state index contributed by atoms with van der Waals surface area (Å²) in [4.78, 5) is 2.77. The summed E-state index contributed by atoms with van der Waals surface area (Å²) in [5.74, 6) is 0. The van der Waals surface area contributed by atoms with Crippen molar-refractivity contribution in [2.45, 2.75) is 39.5 Å². The fourth-order valence-electron chi connectivity index (χ4n) is 2.82. The predicted octanol–water partition coefficient (Wildman–Crippen LogP) is 2.66. The van der Waals surface area contributed by atoms with Crippen molar-refractivity contribution in [1.29, 1.82) is 0 Å². The van der Waals surface area contributed by atoms with Crippen LogP contribution in [0, 0.1) is 19.3 Å². The van der Waals surface area contributed by atoms with Crippen LogP contribution in [0.1, 0.15) is 31.9 Å². The molecular formula is C17H28N2O2S. The van der Waals surface area contributed by atoms with Crippen LogP contribution in [-0.2, 0) is 10.0 Å². The number of hydrogen-bond acceptors (Lipinski definition) is 3. The summed E-state index contributed by atoms with van der Waals surface area (Å²) in [5, 5.41) is 0. The first-order valence-electron chi connectivity index (χ1n) is 7.89. The first kappa shape index (κ1) is 17.4. The molecule has 0 N–H and O–H groups in total. The second kappa shape index (κ2) is 6.30. The molecule has 1 saturated heterocycles. The maximum Gasteiger partial charge on any atom is 0.243 e. The summed E-state index contributed by atoms with van der Waals surface area (Å²) < 4.78 is 27.1. The van der Waals surface area contributed by atoms with E-state index in [0.29, 0.717) is 18.0 Å². The number of nitrogens with zero attached hydrogens (tertiary/aromatic N) is 2. The molecule has 0 bridgehead atoms. The molecule has 1 aliphatic heterocycles. The largest absolute Gasteiger partial charge is 0.300 e. The number of sulfonamides is 1. The molecule has 22 heavy (non-hydrogen) atoms. The van der Waals surface area contributed by atoms with Crippen LogP contribution >= 0.6 is 0 Å². The van der Waals surface area contributed by atoms with Crippen molar-refractivity contribution in [2.75, 3.05) is 32.7 Å². The molecule has 0 aromatic heterocycles. The number of aryl methyl sites for hydroxylation is 2.